The lowest BCUT2D eigenvalue weighted by atomic mass is 10.0. The highest BCUT2D eigenvalue weighted by atomic mass is 35.5. The Morgan fingerprint density at radius 2 is 0.522 bits per heavy atom. The van der Waals surface area contributed by atoms with Gasteiger partial charge in [0.15, 0.2) is 17.5 Å². The second-order valence-electron chi connectivity index (χ2n) is 16.2. The van der Waals surface area contributed by atoms with Gasteiger partial charge in [-0.15, -0.1) is 46.4 Å². The van der Waals surface area contributed by atoms with Crippen molar-refractivity contribution in [3.8, 4) is 51.2 Å². The zero-order valence-corrected chi connectivity index (χ0v) is 39.9. The fourth-order valence-electron chi connectivity index (χ4n) is 9.81. The third-order valence-electron chi connectivity index (χ3n) is 12.4. The third kappa shape index (κ3) is 7.76. The Morgan fingerprint density at radius 1 is 0.275 bits per heavy atom. The number of fused-ring (bicyclic) bond motifs is 12. The van der Waals surface area contributed by atoms with Gasteiger partial charge in [0.2, 0.25) is 0 Å². The molecule has 0 amide bonds. The van der Waals surface area contributed by atoms with Gasteiger partial charge in [0.05, 0.1) is 43.8 Å². The van der Waals surface area contributed by atoms with Crippen LogP contribution in [0.4, 0.5) is 0 Å². The summed E-state index contributed by atoms with van der Waals surface area (Å²) in [4.78, 5) is 15.1. The van der Waals surface area contributed by atoms with Crippen molar-refractivity contribution < 1.29 is 0 Å². The van der Waals surface area contributed by atoms with Gasteiger partial charge < -0.3 is 13.7 Å². The van der Waals surface area contributed by atoms with E-state index in [4.69, 9.17) is 61.4 Å². The lowest BCUT2D eigenvalue weighted by Gasteiger charge is -2.14. The van der Waals surface area contributed by atoms with Crippen molar-refractivity contribution in [2.75, 3.05) is 10.7 Å². The van der Waals surface area contributed by atoms with Gasteiger partial charge in [-0.25, -0.2) is 15.0 Å². The molecule has 0 saturated carbocycles. The minimum atomic E-state index is 0.194. The number of nitrogens with zero attached hydrogens (tertiary/aromatic N) is 6. The van der Waals surface area contributed by atoms with E-state index in [0.29, 0.717) is 17.5 Å². The van der Waals surface area contributed by atoms with Crippen molar-refractivity contribution in [2.24, 2.45) is 0 Å². The molecular formula is C59H40Cl4N6. The van der Waals surface area contributed by atoms with Crippen LogP contribution in [-0.4, -0.2) is 39.3 Å². The van der Waals surface area contributed by atoms with Crippen LogP contribution < -0.4 is 0 Å². The fourth-order valence-corrected chi connectivity index (χ4v) is 9.81. The predicted octanol–water partition coefficient (Wildman–Crippen LogP) is 17.0. The van der Waals surface area contributed by atoms with Crippen LogP contribution in [0.25, 0.3) is 117 Å². The van der Waals surface area contributed by atoms with Crippen LogP contribution in [0.3, 0.4) is 0 Å². The highest BCUT2D eigenvalue weighted by molar-refractivity contribution is 6.41. The van der Waals surface area contributed by atoms with Crippen LogP contribution in [0.15, 0.2) is 218 Å². The maximum Gasteiger partial charge on any atom is 0.164 e. The summed E-state index contributed by atoms with van der Waals surface area (Å²) in [6, 6.07) is 77.3. The highest BCUT2D eigenvalue weighted by Gasteiger charge is 2.28. The zero-order chi connectivity index (χ0) is 46.8. The molecule has 9 aromatic carbocycles. The second kappa shape index (κ2) is 19.3. The summed E-state index contributed by atoms with van der Waals surface area (Å²) in [6.45, 7) is 0. The average molecular weight is 975 g/mol. The Hall–Kier alpha value is -7.45. The molecule has 0 unspecified atom stereocenters. The number of alkyl halides is 4. The number of aromatic nitrogens is 6. The first kappa shape index (κ1) is 44.1. The van der Waals surface area contributed by atoms with E-state index >= 15 is 0 Å². The minimum Gasteiger partial charge on any atom is -0.308 e. The SMILES string of the molecule is ClCCl.ClCCl.c1ccc(-c2nc(-c3ccccc3)nc(-c3ccc(-n4c5ccccc5c5c6c(c7ccccc7n6-c6ccccc6)c6c(c7ccccc7n6-c6ccccc6)c54)cc3)n2)cc1. The van der Waals surface area contributed by atoms with Crippen LogP contribution in [0, 0.1) is 0 Å². The molecule has 0 spiro atoms. The van der Waals surface area contributed by atoms with Gasteiger partial charge in [-0.3, -0.25) is 0 Å². The number of hydrogen-bond donors (Lipinski definition) is 0. The predicted molar refractivity (Wildman–Crippen MR) is 292 cm³/mol. The van der Waals surface area contributed by atoms with E-state index in [0.717, 1.165) is 50.3 Å². The maximum atomic E-state index is 5.06. The summed E-state index contributed by atoms with van der Waals surface area (Å²) < 4.78 is 7.44. The summed E-state index contributed by atoms with van der Waals surface area (Å²) in [5.74, 6) is 1.90. The molecule has 6 nitrogen and oxygen atoms in total. The molecule has 13 rings (SSSR count). The number of hydrogen-bond acceptors (Lipinski definition) is 3. The summed E-state index contributed by atoms with van der Waals surface area (Å²) in [5.41, 5.74) is 13.1. The molecule has 69 heavy (non-hydrogen) atoms. The fraction of sp³-hybridized carbons (Fsp3) is 0.0339. The number of para-hydroxylation sites is 5. The summed E-state index contributed by atoms with van der Waals surface area (Å²) in [6.07, 6.45) is 0. The molecule has 0 aliphatic heterocycles. The van der Waals surface area contributed by atoms with Crippen LogP contribution in [0.2, 0.25) is 0 Å². The second-order valence-corrected chi connectivity index (χ2v) is 17.8. The molecule has 10 heteroatoms. The Kier molecular flexibility index (Phi) is 12.3. The molecule has 4 aromatic heterocycles. The molecule has 4 heterocycles. The summed E-state index contributed by atoms with van der Waals surface area (Å²) >= 11 is 19.1. The van der Waals surface area contributed by atoms with Crippen LogP contribution in [0.1, 0.15) is 0 Å². The number of rotatable bonds is 6. The van der Waals surface area contributed by atoms with Gasteiger partial charge in [-0.2, -0.15) is 0 Å². The average Bonchev–Trinajstić information content (AvgIpc) is 4.06. The molecule has 0 radical (unpaired) electrons. The molecule has 0 atom stereocenters. The van der Waals surface area contributed by atoms with Crippen molar-refractivity contribution in [1.82, 2.24) is 28.7 Å². The lowest BCUT2D eigenvalue weighted by molar-refractivity contribution is 1.07. The van der Waals surface area contributed by atoms with Gasteiger partial charge >= 0.3 is 0 Å². The Bertz CT molecular complexity index is 3800. The van der Waals surface area contributed by atoms with Crippen LogP contribution >= 0.6 is 46.4 Å². The van der Waals surface area contributed by atoms with E-state index in [9.17, 15) is 0 Å². The molecule has 0 aliphatic rings. The Labute approximate surface area is 418 Å². The third-order valence-corrected chi connectivity index (χ3v) is 12.4. The molecule has 0 N–H and O–H groups in total. The van der Waals surface area contributed by atoms with E-state index in [-0.39, 0.29) is 10.7 Å². The normalized spacial score (nSPS) is 11.3. The number of halogens is 4. The quantitative estimate of drug-likeness (QED) is 0.156. The molecule has 0 bridgehead atoms. The highest BCUT2D eigenvalue weighted by Crippen LogP contribution is 2.50. The lowest BCUT2D eigenvalue weighted by Crippen LogP contribution is -2.00. The minimum absolute atomic E-state index is 0.194. The molecule has 334 valence electrons. The standard InChI is InChI=1S/C57H36N6.2CH2Cl2/c1-5-19-37(20-6-1)55-58-56(38-21-7-2-8-22-38)60-57(59-55)39-33-35-42(36-34-39)63-48-32-18-15-29-45(48)51-53-49(43-27-13-16-30-46(43)61(53)40-23-9-3-10-24-40)52-50(54(51)63)44-28-14-17-31-47(44)62(52)41-25-11-4-12-26-41;2*2-1-3/h1-36H;2*1H2. The molecule has 0 saturated heterocycles. The van der Waals surface area contributed by atoms with E-state index in [1.807, 2.05) is 60.7 Å². The first-order chi connectivity index (χ1) is 34.1. The van der Waals surface area contributed by atoms with Crippen LogP contribution in [-0.2, 0) is 0 Å². The smallest absolute Gasteiger partial charge is 0.164 e. The first-order valence-corrected chi connectivity index (χ1v) is 24.5. The van der Waals surface area contributed by atoms with Crippen molar-refractivity contribution >= 4 is 112 Å². The monoisotopic (exact) mass is 972 g/mol. The van der Waals surface area contributed by atoms with Gasteiger partial charge in [0.1, 0.15) is 0 Å². The maximum absolute atomic E-state index is 5.06. The summed E-state index contributed by atoms with van der Waals surface area (Å²) in [7, 11) is 0. The Balaban J connectivity index is 0.000000827. The Morgan fingerprint density at radius 3 is 0.841 bits per heavy atom. The van der Waals surface area contributed by atoms with Gasteiger partial charge in [-0.1, -0.05) is 152 Å². The van der Waals surface area contributed by atoms with E-state index in [1.54, 1.807) is 0 Å². The molecule has 13 aromatic rings. The topological polar surface area (TPSA) is 53.5 Å². The van der Waals surface area contributed by atoms with Crippen molar-refractivity contribution in [2.45, 2.75) is 0 Å². The van der Waals surface area contributed by atoms with E-state index in [2.05, 4.69) is 171 Å². The number of benzene rings is 9. The van der Waals surface area contributed by atoms with Crippen molar-refractivity contribution in [1.29, 1.82) is 0 Å². The van der Waals surface area contributed by atoms with Crippen molar-refractivity contribution in [3.63, 3.8) is 0 Å². The van der Waals surface area contributed by atoms with Crippen LogP contribution in [0.5, 0.6) is 0 Å². The van der Waals surface area contributed by atoms with E-state index in [1.165, 1.54) is 48.9 Å². The van der Waals surface area contributed by atoms with Gasteiger partial charge in [0, 0.05) is 66.1 Å². The van der Waals surface area contributed by atoms with Crippen molar-refractivity contribution in [3.05, 3.63) is 218 Å². The van der Waals surface area contributed by atoms with Gasteiger partial charge in [0.25, 0.3) is 0 Å². The molecule has 0 fully saturated rings. The molecular weight excluding hydrogens is 935 g/mol. The summed E-state index contributed by atoms with van der Waals surface area (Å²) in [5, 5.41) is 7.65. The first-order valence-electron chi connectivity index (χ1n) is 22.4. The van der Waals surface area contributed by atoms with E-state index < -0.39 is 0 Å². The van der Waals surface area contributed by atoms with Gasteiger partial charge in [-0.05, 0) is 66.7 Å². The molecule has 0 aliphatic carbocycles. The largest absolute Gasteiger partial charge is 0.308 e. The zero-order valence-electron chi connectivity index (χ0n) is 36.9.